The van der Waals surface area contributed by atoms with Gasteiger partial charge in [-0.3, -0.25) is 0 Å². The molecule has 1 aliphatic rings. The van der Waals surface area contributed by atoms with E-state index in [1.807, 2.05) is 0 Å². The van der Waals surface area contributed by atoms with Crippen molar-refractivity contribution < 1.29 is 5.11 Å². The molecule has 80 valence electrons. The zero-order valence-electron chi connectivity index (χ0n) is 8.35. The highest BCUT2D eigenvalue weighted by atomic mass is 16.3. The van der Waals surface area contributed by atoms with E-state index in [2.05, 4.69) is 21.4 Å². The Morgan fingerprint density at radius 2 is 2.40 bits per heavy atom. The second kappa shape index (κ2) is 4.27. The summed E-state index contributed by atoms with van der Waals surface area (Å²) in [7, 11) is 0. The van der Waals surface area contributed by atoms with Crippen molar-refractivity contribution in [1.29, 1.82) is 0 Å². The highest BCUT2D eigenvalue weighted by Crippen LogP contribution is 2.18. The molecule has 0 aliphatic heterocycles. The summed E-state index contributed by atoms with van der Waals surface area (Å²) in [6.07, 6.45) is 6.40. The van der Waals surface area contributed by atoms with Crippen LogP contribution < -0.4 is 11.1 Å². The van der Waals surface area contributed by atoms with Gasteiger partial charge in [-0.1, -0.05) is 6.08 Å². The van der Waals surface area contributed by atoms with Gasteiger partial charge in [0.25, 0.3) is 0 Å². The van der Waals surface area contributed by atoms with Crippen LogP contribution >= 0.6 is 0 Å². The first kappa shape index (κ1) is 9.92. The maximum Gasteiger partial charge on any atom is 0.230 e. The molecule has 5 nitrogen and oxygen atoms in total. The second-order valence-electron chi connectivity index (χ2n) is 3.63. The molecule has 0 amide bonds. The van der Waals surface area contributed by atoms with Crippen LogP contribution in [0.25, 0.3) is 0 Å². The summed E-state index contributed by atoms with van der Waals surface area (Å²) >= 11 is 0. The van der Waals surface area contributed by atoms with E-state index in [-0.39, 0.29) is 11.9 Å². The van der Waals surface area contributed by atoms with Crippen molar-refractivity contribution in [3.05, 3.63) is 24.0 Å². The number of aromatic hydroxyl groups is 1. The molecule has 1 aromatic heterocycles. The van der Waals surface area contributed by atoms with Crippen LogP contribution in [0.2, 0.25) is 0 Å². The van der Waals surface area contributed by atoms with Crippen molar-refractivity contribution in [1.82, 2.24) is 9.97 Å². The molecule has 0 aromatic carbocycles. The van der Waals surface area contributed by atoms with Crippen LogP contribution in [-0.4, -0.2) is 21.1 Å². The summed E-state index contributed by atoms with van der Waals surface area (Å²) < 4.78 is 0. The molecule has 2 rings (SSSR count). The fourth-order valence-electron chi connectivity index (χ4n) is 1.59. The number of nitrogens with one attached hydrogen (secondary N) is 1. The van der Waals surface area contributed by atoms with Crippen LogP contribution in [0.5, 0.6) is 5.88 Å². The van der Waals surface area contributed by atoms with Crippen molar-refractivity contribution in [2.75, 3.05) is 5.32 Å². The highest BCUT2D eigenvalue weighted by molar-refractivity contribution is 5.36. The van der Waals surface area contributed by atoms with E-state index < -0.39 is 0 Å². The van der Waals surface area contributed by atoms with Crippen LogP contribution in [0, 0.1) is 0 Å². The third-order valence-corrected chi connectivity index (χ3v) is 2.32. The first-order valence-corrected chi connectivity index (χ1v) is 4.97. The topological polar surface area (TPSA) is 84.1 Å². The molecule has 15 heavy (non-hydrogen) atoms. The van der Waals surface area contributed by atoms with Gasteiger partial charge in [-0.25, -0.2) is 4.98 Å². The Labute approximate surface area is 88.0 Å². The predicted octanol–water partition coefficient (Wildman–Crippen LogP) is 0.989. The molecule has 1 atom stereocenters. The average Bonchev–Trinajstić information content (AvgIpc) is 2.17. The SMILES string of the molecule is NC1CCC=C(Nc2nccc(O)n2)C1. The molecule has 0 saturated carbocycles. The van der Waals surface area contributed by atoms with Crippen LogP contribution in [0.1, 0.15) is 19.3 Å². The molecule has 0 radical (unpaired) electrons. The fraction of sp³-hybridized carbons (Fsp3) is 0.400. The van der Waals surface area contributed by atoms with Crippen molar-refractivity contribution in [3.63, 3.8) is 0 Å². The third-order valence-electron chi connectivity index (χ3n) is 2.32. The van der Waals surface area contributed by atoms with Gasteiger partial charge in [0.1, 0.15) is 0 Å². The van der Waals surface area contributed by atoms with E-state index in [4.69, 9.17) is 10.8 Å². The van der Waals surface area contributed by atoms with E-state index in [1.165, 1.54) is 12.3 Å². The average molecular weight is 206 g/mol. The molecule has 0 fully saturated rings. The Hall–Kier alpha value is -1.62. The number of nitrogens with two attached hydrogens (primary N) is 1. The number of allylic oxidation sites excluding steroid dienone is 1. The summed E-state index contributed by atoms with van der Waals surface area (Å²) in [6, 6.07) is 1.64. The Balaban J connectivity index is 2.05. The van der Waals surface area contributed by atoms with E-state index in [1.54, 1.807) is 0 Å². The van der Waals surface area contributed by atoms with Gasteiger partial charge >= 0.3 is 0 Å². The molecule has 1 unspecified atom stereocenters. The lowest BCUT2D eigenvalue weighted by atomic mass is 10.0. The molecule has 0 saturated heterocycles. The van der Waals surface area contributed by atoms with E-state index in [0.29, 0.717) is 5.95 Å². The van der Waals surface area contributed by atoms with Crippen LogP contribution in [0.4, 0.5) is 5.95 Å². The molecular formula is C10H14N4O. The van der Waals surface area contributed by atoms with Crippen molar-refractivity contribution in [2.24, 2.45) is 5.73 Å². The lowest BCUT2D eigenvalue weighted by Gasteiger charge is -2.19. The lowest BCUT2D eigenvalue weighted by molar-refractivity contribution is 0.453. The minimum Gasteiger partial charge on any atom is -0.493 e. The predicted molar refractivity (Wildman–Crippen MR) is 57.2 cm³/mol. The van der Waals surface area contributed by atoms with Crippen molar-refractivity contribution in [3.8, 4) is 5.88 Å². The zero-order chi connectivity index (χ0) is 10.7. The summed E-state index contributed by atoms with van der Waals surface area (Å²) in [5.74, 6) is 0.378. The van der Waals surface area contributed by atoms with Crippen LogP contribution in [-0.2, 0) is 0 Å². The van der Waals surface area contributed by atoms with E-state index in [0.717, 1.165) is 25.0 Å². The largest absolute Gasteiger partial charge is 0.493 e. The Kier molecular flexibility index (Phi) is 2.82. The van der Waals surface area contributed by atoms with Crippen LogP contribution in [0.15, 0.2) is 24.0 Å². The monoisotopic (exact) mass is 206 g/mol. The number of hydrogen-bond acceptors (Lipinski definition) is 5. The van der Waals surface area contributed by atoms with Gasteiger partial charge in [0.05, 0.1) is 0 Å². The van der Waals surface area contributed by atoms with E-state index in [9.17, 15) is 0 Å². The minimum absolute atomic E-state index is 0.0341. The summed E-state index contributed by atoms with van der Waals surface area (Å²) in [5.41, 5.74) is 6.86. The smallest absolute Gasteiger partial charge is 0.230 e. The standard InChI is InChI=1S/C10H14N4O/c11-7-2-1-3-8(6-7)13-10-12-5-4-9(15)14-10/h3-5,7H,1-2,6,11H2,(H2,12,13,14,15). The van der Waals surface area contributed by atoms with Gasteiger partial charge in [0, 0.05) is 30.4 Å². The number of hydrogen-bond donors (Lipinski definition) is 3. The van der Waals surface area contributed by atoms with Gasteiger partial charge in [-0.15, -0.1) is 0 Å². The Morgan fingerprint density at radius 3 is 3.13 bits per heavy atom. The lowest BCUT2D eigenvalue weighted by Crippen LogP contribution is -2.25. The number of rotatable bonds is 2. The highest BCUT2D eigenvalue weighted by Gasteiger charge is 2.11. The molecular weight excluding hydrogens is 192 g/mol. The number of anilines is 1. The molecule has 0 spiro atoms. The van der Waals surface area contributed by atoms with Gasteiger partial charge in [0.2, 0.25) is 11.8 Å². The molecule has 1 heterocycles. The van der Waals surface area contributed by atoms with Gasteiger partial charge in [-0.05, 0) is 12.8 Å². The van der Waals surface area contributed by atoms with Crippen molar-refractivity contribution in [2.45, 2.75) is 25.3 Å². The van der Waals surface area contributed by atoms with Gasteiger partial charge in [0.15, 0.2) is 0 Å². The summed E-state index contributed by atoms with van der Waals surface area (Å²) in [4.78, 5) is 7.84. The fourth-order valence-corrected chi connectivity index (χ4v) is 1.59. The Morgan fingerprint density at radius 1 is 1.53 bits per heavy atom. The molecule has 4 N–H and O–H groups in total. The van der Waals surface area contributed by atoms with Gasteiger partial charge < -0.3 is 16.2 Å². The summed E-state index contributed by atoms with van der Waals surface area (Å²) in [6.45, 7) is 0. The molecule has 1 aliphatic carbocycles. The number of nitrogens with zero attached hydrogens (tertiary/aromatic N) is 2. The minimum atomic E-state index is -0.0341. The second-order valence-corrected chi connectivity index (χ2v) is 3.63. The zero-order valence-corrected chi connectivity index (χ0v) is 8.35. The first-order valence-electron chi connectivity index (χ1n) is 4.97. The quantitative estimate of drug-likeness (QED) is 0.672. The maximum atomic E-state index is 9.16. The van der Waals surface area contributed by atoms with Gasteiger partial charge in [-0.2, -0.15) is 4.98 Å². The molecule has 1 aromatic rings. The van der Waals surface area contributed by atoms with Crippen molar-refractivity contribution >= 4 is 5.95 Å². The third kappa shape index (κ3) is 2.66. The van der Waals surface area contributed by atoms with Crippen LogP contribution in [0.3, 0.4) is 0 Å². The molecule has 5 heteroatoms. The summed E-state index contributed by atoms with van der Waals surface area (Å²) in [5, 5.41) is 12.2. The maximum absolute atomic E-state index is 9.16. The van der Waals surface area contributed by atoms with E-state index >= 15 is 0 Å². The normalized spacial score (nSPS) is 20.9. The Bertz CT molecular complexity index is 377. The number of aromatic nitrogens is 2. The molecule has 0 bridgehead atoms. The first-order chi connectivity index (χ1) is 7.24.